The van der Waals surface area contributed by atoms with Crippen LogP contribution in [-0.2, 0) is 16.0 Å². The highest BCUT2D eigenvalue weighted by Crippen LogP contribution is 2.17. The molecule has 2 heterocycles. The van der Waals surface area contributed by atoms with Gasteiger partial charge in [0.15, 0.2) is 17.6 Å². The molecule has 0 aliphatic carbocycles. The number of ether oxygens (including phenoxy) is 1. The minimum Gasteiger partial charge on any atom is -0.448 e. The molecule has 0 radical (unpaired) electrons. The Kier molecular flexibility index (Phi) is 6.01. The Hall–Kier alpha value is -2.96. The molecule has 1 aliphatic rings. The van der Waals surface area contributed by atoms with E-state index in [4.69, 9.17) is 4.74 Å². The SMILES string of the molecule is CCc1ccc(NC(=O)C(C)OC(=O)c2ccc(N3CCCC3)nn2)cc1. The van der Waals surface area contributed by atoms with Gasteiger partial charge < -0.3 is 15.0 Å². The van der Waals surface area contributed by atoms with Gasteiger partial charge in [0.05, 0.1) is 0 Å². The number of hydrogen-bond acceptors (Lipinski definition) is 6. The molecule has 1 unspecified atom stereocenters. The molecule has 1 aromatic carbocycles. The lowest BCUT2D eigenvalue weighted by Crippen LogP contribution is -2.30. The smallest absolute Gasteiger partial charge is 0.359 e. The average Bonchev–Trinajstić information content (AvgIpc) is 3.23. The Morgan fingerprint density at radius 1 is 1.11 bits per heavy atom. The number of esters is 1. The van der Waals surface area contributed by atoms with E-state index in [1.54, 1.807) is 12.1 Å². The molecule has 1 aliphatic heterocycles. The second-order valence-corrected chi connectivity index (χ2v) is 6.56. The van der Waals surface area contributed by atoms with Gasteiger partial charge in [-0.25, -0.2) is 4.79 Å². The van der Waals surface area contributed by atoms with Gasteiger partial charge in [0, 0.05) is 18.8 Å². The maximum atomic E-state index is 12.2. The maximum absolute atomic E-state index is 12.2. The van der Waals surface area contributed by atoms with Gasteiger partial charge >= 0.3 is 5.97 Å². The van der Waals surface area contributed by atoms with Gasteiger partial charge in [0.25, 0.3) is 5.91 Å². The summed E-state index contributed by atoms with van der Waals surface area (Å²) in [6.07, 6.45) is 2.27. The van der Waals surface area contributed by atoms with Crippen LogP contribution < -0.4 is 10.2 Å². The lowest BCUT2D eigenvalue weighted by molar-refractivity contribution is -0.123. The van der Waals surface area contributed by atoms with E-state index in [1.165, 1.54) is 12.5 Å². The molecule has 0 bridgehead atoms. The van der Waals surface area contributed by atoms with Crippen LogP contribution in [0.15, 0.2) is 36.4 Å². The van der Waals surface area contributed by atoms with Crippen molar-refractivity contribution >= 4 is 23.4 Å². The number of aromatic nitrogens is 2. The van der Waals surface area contributed by atoms with Gasteiger partial charge in [0.2, 0.25) is 0 Å². The number of nitrogens with zero attached hydrogens (tertiary/aromatic N) is 3. The summed E-state index contributed by atoms with van der Waals surface area (Å²) in [6, 6.07) is 10.9. The highest BCUT2D eigenvalue weighted by atomic mass is 16.5. The van der Waals surface area contributed by atoms with Crippen LogP contribution in [0.25, 0.3) is 0 Å². The van der Waals surface area contributed by atoms with Crippen molar-refractivity contribution in [2.45, 2.75) is 39.2 Å². The third-order valence-corrected chi connectivity index (χ3v) is 4.57. The second-order valence-electron chi connectivity index (χ2n) is 6.56. The highest BCUT2D eigenvalue weighted by Gasteiger charge is 2.21. The summed E-state index contributed by atoms with van der Waals surface area (Å²) in [7, 11) is 0. The molecule has 3 rings (SSSR count). The summed E-state index contributed by atoms with van der Waals surface area (Å²) in [4.78, 5) is 26.6. The summed E-state index contributed by atoms with van der Waals surface area (Å²) in [5.74, 6) is -0.306. The first-order valence-electron chi connectivity index (χ1n) is 9.26. The normalized spacial score (nSPS) is 14.7. The van der Waals surface area contributed by atoms with E-state index < -0.39 is 18.0 Å². The Bertz CT molecular complexity index is 784. The van der Waals surface area contributed by atoms with Gasteiger partial charge in [-0.3, -0.25) is 4.79 Å². The third-order valence-electron chi connectivity index (χ3n) is 4.57. The number of hydrogen-bond donors (Lipinski definition) is 1. The number of aryl methyl sites for hydroxylation is 1. The van der Waals surface area contributed by atoms with Gasteiger partial charge in [0.1, 0.15) is 0 Å². The fourth-order valence-corrected chi connectivity index (χ4v) is 2.89. The molecule has 1 saturated heterocycles. The highest BCUT2D eigenvalue weighted by molar-refractivity contribution is 5.96. The number of benzene rings is 1. The van der Waals surface area contributed by atoms with E-state index >= 15 is 0 Å². The Morgan fingerprint density at radius 2 is 1.81 bits per heavy atom. The van der Waals surface area contributed by atoms with E-state index in [-0.39, 0.29) is 5.69 Å². The van der Waals surface area contributed by atoms with Crippen molar-refractivity contribution in [1.82, 2.24) is 10.2 Å². The van der Waals surface area contributed by atoms with Gasteiger partial charge in [-0.2, -0.15) is 0 Å². The van der Waals surface area contributed by atoms with E-state index in [2.05, 4.69) is 27.3 Å². The minimum atomic E-state index is -0.941. The Balaban J connectivity index is 1.54. The maximum Gasteiger partial charge on any atom is 0.359 e. The van der Waals surface area contributed by atoms with Gasteiger partial charge in [-0.15, -0.1) is 10.2 Å². The van der Waals surface area contributed by atoms with Gasteiger partial charge in [-0.05, 0) is 56.0 Å². The number of carbonyl (C=O) groups is 2. The zero-order valence-corrected chi connectivity index (χ0v) is 15.6. The summed E-state index contributed by atoms with van der Waals surface area (Å²) in [5, 5.41) is 10.8. The first kappa shape index (κ1) is 18.8. The van der Waals surface area contributed by atoms with E-state index in [0.717, 1.165) is 38.2 Å². The zero-order valence-electron chi connectivity index (χ0n) is 15.6. The molecular formula is C20H24N4O3. The fourth-order valence-electron chi connectivity index (χ4n) is 2.89. The summed E-state index contributed by atoms with van der Waals surface area (Å²) < 4.78 is 5.21. The second kappa shape index (κ2) is 8.62. The molecule has 1 N–H and O–H groups in total. The topological polar surface area (TPSA) is 84.4 Å². The van der Waals surface area contributed by atoms with Crippen molar-refractivity contribution in [3.63, 3.8) is 0 Å². The largest absolute Gasteiger partial charge is 0.448 e. The van der Waals surface area contributed by atoms with Crippen molar-refractivity contribution in [3.8, 4) is 0 Å². The number of amides is 1. The number of rotatable bonds is 6. The van der Waals surface area contributed by atoms with Gasteiger partial charge in [-0.1, -0.05) is 19.1 Å². The molecule has 1 aromatic heterocycles. The van der Waals surface area contributed by atoms with Crippen molar-refractivity contribution < 1.29 is 14.3 Å². The molecule has 0 spiro atoms. The lowest BCUT2D eigenvalue weighted by atomic mass is 10.1. The van der Waals surface area contributed by atoms with Crippen LogP contribution in [-0.4, -0.2) is 41.3 Å². The molecule has 1 fully saturated rings. The summed E-state index contributed by atoms with van der Waals surface area (Å²) >= 11 is 0. The summed E-state index contributed by atoms with van der Waals surface area (Å²) in [6.45, 7) is 5.50. The first-order valence-corrected chi connectivity index (χ1v) is 9.26. The van der Waals surface area contributed by atoms with Crippen LogP contribution in [0.4, 0.5) is 11.5 Å². The fraction of sp³-hybridized carbons (Fsp3) is 0.400. The molecule has 0 saturated carbocycles. The van der Waals surface area contributed by atoms with Crippen LogP contribution in [0.3, 0.4) is 0 Å². The molecule has 7 nitrogen and oxygen atoms in total. The minimum absolute atomic E-state index is 0.0879. The molecular weight excluding hydrogens is 344 g/mol. The molecule has 2 aromatic rings. The third kappa shape index (κ3) is 4.81. The van der Waals surface area contributed by atoms with Crippen LogP contribution in [0.5, 0.6) is 0 Å². The molecule has 27 heavy (non-hydrogen) atoms. The zero-order chi connectivity index (χ0) is 19.2. The number of nitrogens with one attached hydrogen (secondary N) is 1. The Morgan fingerprint density at radius 3 is 2.41 bits per heavy atom. The number of carbonyl (C=O) groups excluding carboxylic acids is 2. The lowest BCUT2D eigenvalue weighted by Gasteiger charge is -2.16. The van der Waals surface area contributed by atoms with Crippen molar-refractivity contribution in [2.75, 3.05) is 23.3 Å². The molecule has 142 valence electrons. The molecule has 1 atom stereocenters. The standard InChI is InChI=1S/C20H24N4O3/c1-3-15-6-8-16(9-7-15)21-19(25)14(2)27-20(26)17-10-11-18(23-22-17)24-12-4-5-13-24/h6-11,14H,3-5,12-13H2,1-2H3,(H,21,25). The molecule has 1 amide bonds. The van der Waals surface area contributed by atoms with Crippen molar-refractivity contribution in [1.29, 1.82) is 0 Å². The van der Waals surface area contributed by atoms with Crippen LogP contribution >= 0.6 is 0 Å². The predicted octanol–water partition coefficient (Wildman–Crippen LogP) is 2.82. The van der Waals surface area contributed by atoms with E-state index in [9.17, 15) is 9.59 Å². The monoisotopic (exact) mass is 368 g/mol. The average molecular weight is 368 g/mol. The van der Waals surface area contributed by atoms with Crippen molar-refractivity contribution in [2.24, 2.45) is 0 Å². The quantitative estimate of drug-likeness (QED) is 0.789. The first-order chi connectivity index (χ1) is 13.1. The van der Waals surface area contributed by atoms with E-state index in [0.29, 0.717) is 5.69 Å². The number of anilines is 2. The van der Waals surface area contributed by atoms with Crippen LogP contribution in [0.2, 0.25) is 0 Å². The van der Waals surface area contributed by atoms with E-state index in [1.807, 2.05) is 24.3 Å². The van der Waals surface area contributed by atoms with Crippen LogP contribution in [0, 0.1) is 0 Å². The van der Waals surface area contributed by atoms with Crippen molar-refractivity contribution in [3.05, 3.63) is 47.7 Å². The summed E-state index contributed by atoms with van der Waals surface area (Å²) in [5.41, 5.74) is 1.93. The predicted molar refractivity (Wildman–Crippen MR) is 103 cm³/mol. The molecule has 7 heteroatoms. The van der Waals surface area contributed by atoms with Crippen LogP contribution in [0.1, 0.15) is 42.7 Å². The Labute approximate surface area is 158 Å².